The fraction of sp³-hybridized carbons (Fsp3) is 0.783. The van der Waals surface area contributed by atoms with E-state index in [2.05, 4.69) is 15.6 Å². The van der Waals surface area contributed by atoms with Gasteiger partial charge in [0.15, 0.2) is 0 Å². The number of nitrogens with one attached hydrogen (secondary N) is 2. The number of anilines is 1. The van der Waals surface area contributed by atoms with Crippen LogP contribution in [0.15, 0.2) is 6.20 Å². The van der Waals surface area contributed by atoms with E-state index >= 15 is 0 Å². The number of hydrogen-bond acceptors (Lipinski definition) is 5. The van der Waals surface area contributed by atoms with E-state index in [1.807, 2.05) is 0 Å². The number of carbonyl (C=O) groups excluding carboxylic acids is 1. The highest BCUT2D eigenvalue weighted by Crippen LogP contribution is 2.55. The van der Waals surface area contributed by atoms with Crippen molar-refractivity contribution in [1.82, 2.24) is 15.3 Å². The third-order valence-electron chi connectivity index (χ3n) is 8.25. The first-order valence-electron chi connectivity index (χ1n) is 11.7. The Labute approximate surface area is 172 Å². The molecule has 0 aromatic carbocycles. The zero-order valence-electron chi connectivity index (χ0n) is 17.1. The third-order valence-corrected chi connectivity index (χ3v) is 8.25. The number of aliphatic hydroxyl groups is 1. The standard InChI is InChI=1S/C23H32N4O2/c28-21(26-19-15-7-13-8-16(19)11-23(29,9-13)10-15)18-12-24-22(25-17-5-6-17)27-20(18)14-3-1-2-4-14/h12-17,19,29H,1-11H2,(H,26,28)(H,24,25,27)/t13?,15?,16?,19-,23+. The van der Waals surface area contributed by atoms with Gasteiger partial charge in [-0.25, -0.2) is 9.97 Å². The maximum Gasteiger partial charge on any atom is 0.254 e. The predicted octanol–water partition coefficient (Wildman–Crippen LogP) is 3.38. The Morgan fingerprint density at radius 2 is 1.79 bits per heavy atom. The molecule has 6 aliphatic carbocycles. The molecule has 7 rings (SSSR count). The van der Waals surface area contributed by atoms with Crippen LogP contribution in [0.3, 0.4) is 0 Å². The second kappa shape index (κ2) is 6.66. The summed E-state index contributed by atoms with van der Waals surface area (Å²) in [5, 5.41) is 17.6. The zero-order chi connectivity index (χ0) is 19.6. The predicted molar refractivity (Wildman–Crippen MR) is 110 cm³/mol. The number of rotatable bonds is 5. The Kier molecular flexibility index (Phi) is 4.16. The maximum atomic E-state index is 13.4. The lowest BCUT2D eigenvalue weighted by molar-refractivity contribution is -0.136. The molecule has 6 fully saturated rings. The van der Waals surface area contributed by atoms with E-state index < -0.39 is 5.60 Å². The number of carbonyl (C=O) groups is 1. The van der Waals surface area contributed by atoms with Crippen molar-refractivity contribution in [2.45, 2.75) is 94.2 Å². The van der Waals surface area contributed by atoms with E-state index in [9.17, 15) is 9.90 Å². The van der Waals surface area contributed by atoms with E-state index in [0.29, 0.717) is 41.2 Å². The molecule has 2 atom stereocenters. The minimum atomic E-state index is -0.466. The van der Waals surface area contributed by atoms with Crippen LogP contribution in [0.1, 0.15) is 92.6 Å². The van der Waals surface area contributed by atoms with Crippen LogP contribution in [0, 0.1) is 17.8 Å². The molecule has 1 aromatic rings. The Hall–Kier alpha value is -1.69. The second-order valence-corrected chi connectivity index (χ2v) is 10.6. The molecule has 0 spiro atoms. The Morgan fingerprint density at radius 3 is 2.45 bits per heavy atom. The van der Waals surface area contributed by atoms with Gasteiger partial charge >= 0.3 is 0 Å². The Balaban J connectivity index is 1.24. The van der Waals surface area contributed by atoms with Gasteiger partial charge in [0.05, 0.1) is 16.9 Å². The van der Waals surface area contributed by atoms with Crippen molar-refractivity contribution in [3.63, 3.8) is 0 Å². The molecule has 0 aliphatic heterocycles. The van der Waals surface area contributed by atoms with E-state index in [-0.39, 0.29) is 11.9 Å². The van der Waals surface area contributed by atoms with Gasteiger partial charge in [0.2, 0.25) is 5.95 Å². The van der Waals surface area contributed by atoms with Gasteiger partial charge < -0.3 is 15.7 Å². The monoisotopic (exact) mass is 396 g/mol. The molecule has 6 nitrogen and oxygen atoms in total. The lowest BCUT2D eigenvalue weighted by Gasteiger charge is -2.58. The first-order valence-corrected chi connectivity index (χ1v) is 11.7. The van der Waals surface area contributed by atoms with Crippen molar-refractivity contribution >= 4 is 11.9 Å². The summed E-state index contributed by atoms with van der Waals surface area (Å²) < 4.78 is 0. The summed E-state index contributed by atoms with van der Waals surface area (Å²) in [5.74, 6) is 2.54. The number of amides is 1. The molecule has 6 heteroatoms. The van der Waals surface area contributed by atoms with Gasteiger partial charge in [0, 0.05) is 24.2 Å². The van der Waals surface area contributed by atoms with Crippen LogP contribution in [-0.2, 0) is 0 Å². The first-order chi connectivity index (χ1) is 14.1. The molecular weight excluding hydrogens is 364 g/mol. The normalized spacial score (nSPS) is 38.4. The van der Waals surface area contributed by atoms with Crippen LogP contribution in [0.5, 0.6) is 0 Å². The quantitative estimate of drug-likeness (QED) is 0.710. The van der Waals surface area contributed by atoms with Crippen LogP contribution in [-0.4, -0.2) is 38.7 Å². The van der Waals surface area contributed by atoms with Gasteiger partial charge in [-0.05, 0) is 75.5 Å². The SMILES string of the molecule is O=C(N[C@H]1C2CC3CC1C[C@@](O)(C3)C2)c1cnc(NC2CC2)nc1C1CCCC1. The molecule has 29 heavy (non-hydrogen) atoms. The van der Waals surface area contributed by atoms with Crippen molar-refractivity contribution in [2.24, 2.45) is 17.8 Å². The average Bonchev–Trinajstić information content (AvgIpc) is 3.32. The van der Waals surface area contributed by atoms with Crippen molar-refractivity contribution in [2.75, 3.05) is 5.32 Å². The largest absolute Gasteiger partial charge is 0.390 e. The number of aromatic nitrogens is 2. The fourth-order valence-corrected chi connectivity index (χ4v) is 7.01. The molecule has 6 aliphatic rings. The first kappa shape index (κ1) is 18.1. The van der Waals surface area contributed by atoms with Gasteiger partial charge in [0.1, 0.15) is 0 Å². The van der Waals surface area contributed by atoms with E-state index in [1.165, 1.54) is 25.7 Å². The molecule has 156 valence electrons. The maximum absolute atomic E-state index is 13.4. The summed E-state index contributed by atoms with van der Waals surface area (Å²) in [7, 11) is 0. The molecule has 1 aromatic heterocycles. The van der Waals surface area contributed by atoms with Crippen molar-refractivity contribution in [3.8, 4) is 0 Å². The summed E-state index contributed by atoms with van der Waals surface area (Å²) in [6.45, 7) is 0. The van der Waals surface area contributed by atoms with Gasteiger partial charge in [-0.3, -0.25) is 4.79 Å². The molecule has 0 radical (unpaired) electrons. The van der Waals surface area contributed by atoms with Gasteiger partial charge in [0.25, 0.3) is 5.91 Å². The van der Waals surface area contributed by atoms with Gasteiger partial charge in [-0.15, -0.1) is 0 Å². The minimum absolute atomic E-state index is 0.00525. The van der Waals surface area contributed by atoms with Crippen molar-refractivity contribution in [3.05, 3.63) is 17.5 Å². The van der Waals surface area contributed by atoms with Crippen LogP contribution >= 0.6 is 0 Å². The Morgan fingerprint density at radius 1 is 1.07 bits per heavy atom. The molecule has 1 amide bonds. The van der Waals surface area contributed by atoms with E-state index in [4.69, 9.17) is 4.98 Å². The second-order valence-electron chi connectivity index (χ2n) is 10.6. The summed E-state index contributed by atoms with van der Waals surface area (Å²) >= 11 is 0. The lowest BCUT2D eigenvalue weighted by atomic mass is 9.52. The number of nitrogens with zero attached hydrogens (tertiary/aromatic N) is 2. The van der Waals surface area contributed by atoms with Crippen LogP contribution < -0.4 is 10.6 Å². The highest BCUT2D eigenvalue weighted by atomic mass is 16.3. The fourth-order valence-electron chi connectivity index (χ4n) is 7.01. The Bertz CT molecular complexity index is 801. The zero-order valence-corrected chi connectivity index (χ0v) is 17.1. The highest BCUT2D eigenvalue weighted by Gasteiger charge is 2.55. The van der Waals surface area contributed by atoms with E-state index in [1.54, 1.807) is 6.20 Å². The van der Waals surface area contributed by atoms with Crippen LogP contribution in [0.4, 0.5) is 5.95 Å². The lowest BCUT2D eigenvalue weighted by Crippen LogP contribution is -2.61. The summed E-state index contributed by atoms with van der Waals surface area (Å²) in [5.41, 5.74) is 1.15. The van der Waals surface area contributed by atoms with Gasteiger partial charge in [-0.2, -0.15) is 0 Å². The summed E-state index contributed by atoms with van der Waals surface area (Å²) in [6.07, 6.45) is 13.8. The van der Waals surface area contributed by atoms with Crippen molar-refractivity contribution < 1.29 is 9.90 Å². The number of hydrogen-bond donors (Lipinski definition) is 3. The van der Waals surface area contributed by atoms with E-state index in [0.717, 1.165) is 50.6 Å². The topological polar surface area (TPSA) is 87.1 Å². The smallest absolute Gasteiger partial charge is 0.254 e. The molecule has 4 bridgehead atoms. The highest BCUT2D eigenvalue weighted by molar-refractivity contribution is 5.95. The van der Waals surface area contributed by atoms with Crippen LogP contribution in [0.25, 0.3) is 0 Å². The molecule has 3 N–H and O–H groups in total. The van der Waals surface area contributed by atoms with Crippen LogP contribution in [0.2, 0.25) is 0 Å². The molecule has 2 unspecified atom stereocenters. The summed E-state index contributed by atoms with van der Waals surface area (Å²) in [4.78, 5) is 22.7. The molecule has 0 saturated heterocycles. The minimum Gasteiger partial charge on any atom is -0.390 e. The van der Waals surface area contributed by atoms with Crippen molar-refractivity contribution in [1.29, 1.82) is 0 Å². The van der Waals surface area contributed by atoms with Gasteiger partial charge in [-0.1, -0.05) is 12.8 Å². The third kappa shape index (κ3) is 3.33. The molecule has 1 heterocycles. The average molecular weight is 397 g/mol. The molecule has 6 saturated carbocycles. The summed E-state index contributed by atoms with van der Waals surface area (Å²) in [6, 6.07) is 0.699. The molecular formula is C23H32N4O2.